The highest BCUT2D eigenvalue weighted by Gasteiger charge is 2.69. The lowest BCUT2D eigenvalue weighted by molar-refractivity contribution is -0.348. The van der Waals surface area contributed by atoms with Crippen molar-refractivity contribution in [2.75, 3.05) is 0 Å². The van der Waals surface area contributed by atoms with Crippen LogP contribution in [0.1, 0.15) is 98.8 Å². The van der Waals surface area contributed by atoms with E-state index < -0.39 is 29.7 Å². The SMILES string of the molecule is C=C1/C(=C\C=C2/CCC[C@@]3(C)C2CCC3C(C/C(C)=C/C(O)(C(F)(F)F)C(F)(F)F)C(C)CCC(C)(C)O)CC(C=O)C[C@@H]1O. The predicted octanol–water partition coefficient (Wildman–Crippen LogP) is 8.58. The minimum Gasteiger partial charge on any atom is -0.390 e. The molecule has 5 unspecified atom stereocenters. The molecule has 3 saturated carbocycles. The Morgan fingerprint density at radius 2 is 1.71 bits per heavy atom. The molecular weight excluding hydrogens is 598 g/mol. The van der Waals surface area contributed by atoms with E-state index in [0.717, 1.165) is 44.0 Å². The van der Waals surface area contributed by atoms with Gasteiger partial charge in [0.15, 0.2) is 0 Å². The Balaban J connectivity index is 1.97. The van der Waals surface area contributed by atoms with E-state index in [1.165, 1.54) is 12.5 Å². The fraction of sp³-hybridized carbons (Fsp3) is 0.743. The van der Waals surface area contributed by atoms with Gasteiger partial charge in [-0.15, -0.1) is 0 Å². The largest absolute Gasteiger partial charge is 0.430 e. The van der Waals surface area contributed by atoms with E-state index in [4.69, 9.17) is 0 Å². The molecule has 3 aliphatic rings. The molecule has 0 spiro atoms. The zero-order valence-corrected chi connectivity index (χ0v) is 27.1. The number of halogens is 6. The zero-order chi connectivity index (χ0) is 34.2. The Bertz CT molecular complexity index is 1160. The Morgan fingerprint density at radius 3 is 2.27 bits per heavy atom. The van der Waals surface area contributed by atoms with E-state index in [0.29, 0.717) is 31.3 Å². The highest BCUT2D eigenvalue weighted by molar-refractivity contribution is 5.57. The highest BCUT2D eigenvalue weighted by Crippen LogP contribution is 2.61. The molecule has 3 N–H and O–H groups in total. The van der Waals surface area contributed by atoms with Gasteiger partial charge >= 0.3 is 12.4 Å². The van der Waals surface area contributed by atoms with Crippen LogP contribution in [-0.4, -0.2) is 51.3 Å². The van der Waals surface area contributed by atoms with Crippen LogP contribution >= 0.6 is 0 Å². The summed E-state index contributed by atoms with van der Waals surface area (Å²) in [6.45, 7) is 12.7. The molecule has 0 aliphatic heterocycles. The number of rotatable bonds is 10. The van der Waals surface area contributed by atoms with Crippen LogP contribution in [0.25, 0.3) is 0 Å². The lowest BCUT2D eigenvalue weighted by Gasteiger charge is -2.47. The highest BCUT2D eigenvalue weighted by atomic mass is 19.4. The van der Waals surface area contributed by atoms with Gasteiger partial charge < -0.3 is 20.1 Å². The van der Waals surface area contributed by atoms with Crippen LogP contribution in [0.15, 0.2) is 47.1 Å². The Hall–Kier alpha value is -1.91. The molecule has 0 radical (unpaired) electrons. The number of aliphatic hydroxyl groups is 3. The van der Waals surface area contributed by atoms with Gasteiger partial charge in [-0.05, 0) is 131 Å². The fourth-order valence-electron chi connectivity index (χ4n) is 8.26. The second-order valence-electron chi connectivity index (χ2n) is 14.9. The van der Waals surface area contributed by atoms with Crippen LogP contribution in [0.2, 0.25) is 0 Å². The van der Waals surface area contributed by atoms with Gasteiger partial charge in [0.05, 0.1) is 11.7 Å². The first-order valence-corrected chi connectivity index (χ1v) is 16.0. The Labute approximate surface area is 263 Å². The molecule has 0 saturated heterocycles. The van der Waals surface area contributed by atoms with Crippen molar-refractivity contribution in [1.82, 2.24) is 0 Å². The van der Waals surface area contributed by atoms with Crippen molar-refractivity contribution in [2.24, 2.45) is 35.0 Å². The van der Waals surface area contributed by atoms with E-state index >= 15 is 0 Å². The van der Waals surface area contributed by atoms with Crippen molar-refractivity contribution in [3.05, 3.63) is 47.1 Å². The molecular formula is C35H50F6O4. The Kier molecular flexibility index (Phi) is 11.4. The minimum absolute atomic E-state index is 0.00483. The topological polar surface area (TPSA) is 77.8 Å². The third kappa shape index (κ3) is 8.33. The number of carbonyl (C=O) groups is 1. The smallest absolute Gasteiger partial charge is 0.390 e. The second-order valence-corrected chi connectivity index (χ2v) is 14.9. The van der Waals surface area contributed by atoms with Gasteiger partial charge in [-0.1, -0.05) is 43.7 Å². The van der Waals surface area contributed by atoms with Crippen molar-refractivity contribution in [3.8, 4) is 0 Å². The standard InChI is InChI=1S/C35H50F6O4/c1-21(19-33(45,34(36,37)38)35(39,40)41)16-27(22(2)13-15-31(4,5)44)29-12-11-28-25(8-7-14-32(28,29)6)9-10-26-17-24(20-42)18-30(43)23(26)3/h9-10,19-20,22,24,27-30,43-45H,3,7-8,11-18H2,1-2,4-6H3/b21-19+,25-9+,26-10-/t22?,24?,27?,28?,29?,30-,32-/m0/s1. The van der Waals surface area contributed by atoms with Gasteiger partial charge in [-0.2, -0.15) is 26.3 Å². The molecule has 256 valence electrons. The van der Waals surface area contributed by atoms with Gasteiger partial charge in [0.2, 0.25) is 0 Å². The van der Waals surface area contributed by atoms with Crippen LogP contribution < -0.4 is 0 Å². The van der Waals surface area contributed by atoms with Crippen LogP contribution in [0.3, 0.4) is 0 Å². The summed E-state index contributed by atoms with van der Waals surface area (Å²) in [7, 11) is 0. The van der Waals surface area contributed by atoms with Crippen LogP contribution in [0.5, 0.6) is 0 Å². The van der Waals surface area contributed by atoms with Gasteiger partial charge in [0, 0.05) is 5.92 Å². The first-order valence-electron chi connectivity index (χ1n) is 16.0. The summed E-state index contributed by atoms with van der Waals surface area (Å²) in [6, 6.07) is 0. The average molecular weight is 649 g/mol. The quantitative estimate of drug-likeness (QED) is 0.126. The Morgan fingerprint density at radius 1 is 1.09 bits per heavy atom. The maximum absolute atomic E-state index is 13.5. The van der Waals surface area contributed by atoms with E-state index in [1.54, 1.807) is 13.8 Å². The van der Waals surface area contributed by atoms with Gasteiger partial charge in [-0.3, -0.25) is 0 Å². The lowest BCUT2D eigenvalue weighted by atomic mass is 9.58. The number of hydrogen-bond donors (Lipinski definition) is 3. The zero-order valence-electron chi connectivity index (χ0n) is 27.1. The third-order valence-corrected chi connectivity index (χ3v) is 10.9. The number of hydrogen-bond acceptors (Lipinski definition) is 4. The molecule has 4 nitrogen and oxygen atoms in total. The normalized spacial score (nSPS) is 32.1. The van der Waals surface area contributed by atoms with Crippen molar-refractivity contribution in [2.45, 2.75) is 128 Å². The molecule has 7 atom stereocenters. The summed E-state index contributed by atoms with van der Waals surface area (Å²) in [4.78, 5) is 11.4. The van der Waals surface area contributed by atoms with E-state index in [9.17, 15) is 46.5 Å². The summed E-state index contributed by atoms with van der Waals surface area (Å²) >= 11 is 0. The molecule has 0 heterocycles. The number of aliphatic hydroxyl groups excluding tert-OH is 1. The van der Waals surface area contributed by atoms with Crippen molar-refractivity contribution < 1.29 is 46.5 Å². The predicted molar refractivity (Wildman–Crippen MR) is 162 cm³/mol. The first kappa shape index (κ1) is 37.5. The summed E-state index contributed by atoms with van der Waals surface area (Å²) < 4.78 is 81.2. The average Bonchev–Trinajstić information content (AvgIpc) is 3.26. The monoisotopic (exact) mass is 648 g/mol. The summed E-state index contributed by atoms with van der Waals surface area (Å²) in [6.07, 6.45) is -1.89. The number of fused-ring (bicyclic) bond motifs is 1. The molecule has 3 aliphatic carbocycles. The summed E-state index contributed by atoms with van der Waals surface area (Å²) in [5.41, 5.74) is -3.69. The number of carbonyl (C=O) groups excluding carboxylic acids is 1. The maximum atomic E-state index is 13.5. The van der Waals surface area contributed by atoms with Gasteiger partial charge in [0.1, 0.15) is 6.29 Å². The van der Waals surface area contributed by atoms with Crippen LogP contribution in [0, 0.1) is 35.0 Å². The number of alkyl halides is 6. The molecule has 45 heavy (non-hydrogen) atoms. The fourth-order valence-corrected chi connectivity index (χ4v) is 8.26. The van der Waals surface area contributed by atoms with Crippen molar-refractivity contribution >= 4 is 6.29 Å². The van der Waals surface area contributed by atoms with Crippen LogP contribution in [-0.2, 0) is 4.79 Å². The first-order chi connectivity index (χ1) is 20.5. The van der Waals surface area contributed by atoms with E-state index in [2.05, 4.69) is 19.6 Å². The summed E-state index contributed by atoms with van der Waals surface area (Å²) in [5, 5.41) is 30.6. The maximum Gasteiger partial charge on any atom is 0.430 e. The minimum atomic E-state index is -5.93. The number of aldehydes is 1. The van der Waals surface area contributed by atoms with E-state index in [-0.39, 0.29) is 53.1 Å². The van der Waals surface area contributed by atoms with Crippen LogP contribution in [0.4, 0.5) is 26.3 Å². The molecule has 3 fully saturated rings. The molecule has 0 amide bonds. The molecule has 0 bridgehead atoms. The number of allylic oxidation sites excluding steroid dienone is 4. The molecule has 0 aromatic heterocycles. The molecule has 0 aromatic rings. The van der Waals surface area contributed by atoms with Crippen molar-refractivity contribution in [3.63, 3.8) is 0 Å². The van der Waals surface area contributed by atoms with E-state index in [1.807, 2.05) is 13.0 Å². The lowest BCUT2D eigenvalue weighted by Crippen LogP contribution is -2.55. The van der Waals surface area contributed by atoms with Crippen molar-refractivity contribution in [1.29, 1.82) is 0 Å². The second kappa shape index (κ2) is 13.7. The van der Waals surface area contributed by atoms with Gasteiger partial charge in [0.25, 0.3) is 5.60 Å². The molecule has 10 heteroatoms. The summed E-state index contributed by atoms with van der Waals surface area (Å²) in [5.74, 6) is -0.517. The molecule has 3 rings (SSSR count). The van der Waals surface area contributed by atoms with Gasteiger partial charge in [-0.25, -0.2) is 0 Å². The third-order valence-electron chi connectivity index (χ3n) is 10.9. The molecule has 0 aromatic carbocycles.